The van der Waals surface area contributed by atoms with E-state index >= 15 is 0 Å². The predicted octanol–water partition coefficient (Wildman–Crippen LogP) is 2.77. The lowest BCUT2D eigenvalue weighted by atomic mass is 10.1. The molecule has 4 rings (SSSR count). The van der Waals surface area contributed by atoms with E-state index in [4.69, 9.17) is 18.9 Å². The molecule has 11 heteroatoms. The molecule has 0 aromatic heterocycles. The first-order valence-electron chi connectivity index (χ1n) is 12.1. The molecule has 3 N–H and O–H groups in total. The van der Waals surface area contributed by atoms with Crippen LogP contribution in [0.15, 0.2) is 65.8 Å². The van der Waals surface area contributed by atoms with E-state index in [2.05, 4.69) is 28.1 Å². The minimum atomic E-state index is -0.922. The average molecular weight is 533 g/mol. The van der Waals surface area contributed by atoms with Crippen molar-refractivity contribution in [1.82, 2.24) is 10.7 Å². The van der Waals surface area contributed by atoms with E-state index in [1.54, 1.807) is 36.4 Å². The molecule has 0 radical (unpaired) electrons. The molecule has 0 fully saturated rings. The van der Waals surface area contributed by atoms with Gasteiger partial charge in [-0.3, -0.25) is 14.4 Å². The Hall–Kier alpha value is -5.06. The number of methoxy groups -OCH3 is 1. The van der Waals surface area contributed by atoms with Crippen LogP contribution in [-0.2, 0) is 27.3 Å². The number of rotatable bonds is 10. The van der Waals surface area contributed by atoms with Crippen LogP contribution < -0.4 is 35.0 Å². The van der Waals surface area contributed by atoms with Crippen LogP contribution in [0.3, 0.4) is 0 Å². The van der Waals surface area contributed by atoms with Gasteiger partial charge in [0.05, 0.1) is 13.3 Å². The van der Waals surface area contributed by atoms with Crippen molar-refractivity contribution in [3.8, 4) is 23.0 Å². The fourth-order valence-electron chi connectivity index (χ4n) is 3.58. The third-order valence-electron chi connectivity index (χ3n) is 5.67. The Labute approximate surface area is 225 Å². The summed E-state index contributed by atoms with van der Waals surface area (Å²) in [6.07, 6.45) is 2.27. The Morgan fingerprint density at radius 2 is 1.69 bits per heavy atom. The average Bonchev–Trinajstić information content (AvgIpc) is 3.43. The molecule has 1 heterocycles. The molecule has 0 unspecified atom stereocenters. The van der Waals surface area contributed by atoms with E-state index in [0.29, 0.717) is 34.2 Å². The molecule has 202 valence electrons. The van der Waals surface area contributed by atoms with Crippen molar-refractivity contribution in [1.29, 1.82) is 0 Å². The second-order valence-corrected chi connectivity index (χ2v) is 8.37. The quantitative estimate of drug-likeness (QED) is 0.207. The molecule has 1 aliphatic heterocycles. The maximum Gasteiger partial charge on any atom is 0.329 e. The van der Waals surface area contributed by atoms with E-state index in [1.807, 2.05) is 24.3 Å². The summed E-state index contributed by atoms with van der Waals surface area (Å²) in [7, 11) is 1.46. The number of amides is 3. The van der Waals surface area contributed by atoms with Crippen molar-refractivity contribution >= 4 is 29.6 Å². The lowest BCUT2D eigenvalue weighted by Gasteiger charge is -2.11. The fourth-order valence-corrected chi connectivity index (χ4v) is 3.58. The van der Waals surface area contributed by atoms with E-state index in [1.165, 1.54) is 18.9 Å². The van der Waals surface area contributed by atoms with Crippen LogP contribution in [0.25, 0.3) is 0 Å². The third kappa shape index (κ3) is 7.48. The van der Waals surface area contributed by atoms with Crippen LogP contribution in [0.2, 0.25) is 0 Å². The number of hydrogen-bond donors (Lipinski definition) is 3. The van der Waals surface area contributed by atoms with Gasteiger partial charge in [0.25, 0.3) is 5.91 Å². The highest BCUT2D eigenvalue weighted by molar-refractivity contribution is 6.35. The van der Waals surface area contributed by atoms with Crippen molar-refractivity contribution in [2.45, 2.75) is 19.9 Å². The lowest BCUT2D eigenvalue weighted by molar-refractivity contribution is -0.139. The van der Waals surface area contributed by atoms with E-state index in [9.17, 15) is 14.4 Å². The third-order valence-corrected chi connectivity index (χ3v) is 5.67. The number of anilines is 1. The van der Waals surface area contributed by atoms with Crippen LogP contribution >= 0.6 is 0 Å². The number of carbonyl (C=O) groups excluding carboxylic acids is 3. The predicted molar refractivity (Wildman–Crippen MR) is 143 cm³/mol. The van der Waals surface area contributed by atoms with Gasteiger partial charge < -0.3 is 29.6 Å². The van der Waals surface area contributed by atoms with Gasteiger partial charge in [0, 0.05) is 12.2 Å². The number of benzene rings is 3. The van der Waals surface area contributed by atoms with Gasteiger partial charge in [0.1, 0.15) is 0 Å². The first-order valence-corrected chi connectivity index (χ1v) is 12.1. The number of carbonyl (C=O) groups is 3. The smallest absolute Gasteiger partial charge is 0.329 e. The highest BCUT2D eigenvalue weighted by atomic mass is 16.7. The maximum absolute atomic E-state index is 12.3. The molecule has 0 atom stereocenters. The molecule has 3 amide bonds. The van der Waals surface area contributed by atoms with Crippen molar-refractivity contribution in [3.05, 3.63) is 77.4 Å². The molecule has 0 saturated carbocycles. The van der Waals surface area contributed by atoms with E-state index in [-0.39, 0.29) is 25.9 Å². The van der Waals surface area contributed by atoms with E-state index in [0.717, 1.165) is 12.0 Å². The molecule has 39 heavy (non-hydrogen) atoms. The normalized spacial score (nSPS) is 11.6. The highest BCUT2D eigenvalue weighted by Gasteiger charge is 2.16. The fraction of sp³-hybridized carbons (Fsp3) is 0.214. The Kier molecular flexibility index (Phi) is 8.96. The standard InChI is InChI=1S/C28H28N4O7/c1-3-18-4-8-21(9-5-18)31-26(33)16-37-22-10-7-20(12-24(22)36-2)15-30-32-28(35)27(34)29-14-19-6-11-23-25(13-19)39-17-38-23/h4-13,15H,3,14,16-17H2,1-2H3,(H,29,34)(H,31,33)(H,32,35)/b30-15-. The lowest BCUT2D eigenvalue weighted by Crippen LogP contribution is -2.37. The van der Waals surface area contributed by atoms with Crippen molar-refractivity contribution in [2.24, 2.45) is 5.10 Å². The van der Waals surface area contributed by atoms with Gasteiger partial charge in [-0.25, -0.2) is 5.43 Å². The second kappa shape index (κ2) is 13.0. The molecular weight excluding hydrogens is 504 g/mol. The molecule has 0 bridgehead atoms. The number of ether oxygens (including phenoxy) is 4. The van der Waals surface area contributed by atoms with Gasteiger partial charge in [-0.15, -0.1) is 0 Å². The van der Waals surface area contributed by atoms with Crippen LogP contribution in [0.4, 0.5) is 5.69 Å². The summed E-state index contributed by atoms with van der Waals surface area (Å²) < 4.78 is 21.5. The summed E-state index contributed by atoms with van der Waals surface area (Å²) in [5, 5.41) is 9.12. The number of nitrogens with one attached hydrogen (secondary N) is 3. The minimum Gasteiger partial charge on any atom is -0.493 e. The van der Waals surface area contributed by atoms with Crippen LogP contribution in [0, 0.1) is 0 Å². The Morgan fingerprint density at radius 1 is 0.923 bits per heavy atom. The molecule has 0 spiro atoms. The van der Waals surface area contributed by atoms with Crippen LogP contribution in [-0.4, -0.2) is 44.4 Å². The number of fused-ring (bicyclic) bond motifs is 1. The van der Waals surface area contributed by atoms with Gasteiger partial charge >= 0.3 is 11.8 Å². The van der Waals surface area contributed by atoms with Crippen LogP contribution in [0.5, 0.6) is 23.0 Å². The minimum absolute atomic E-state index is 0.133. The summed E-state index contributed by atoms with van der Waals surface area (Å²) in [6, 6.07) is 17.7. The van der Waals surface area contributed by atoms with Crippen molar-refractivity contribution in [3.63, 3.8) is 0 Å². The second-order valence-electron chi connectivity index (χ2n) is 8.37. The SMILES string of the molecule is CCc1ccc(NC(=O)COc2ccc(/C=N\NC(=O)C(=O)NCc3ccc4c(c3)OCO4)cc2OC)cc1. The van der Waals surface area contributed by atoms with Gasteiger partial charge in [0.2, 0.25) is 6.79 Å². The van der Waals surface area contributed by atoms with Gasteiger partial charge in [-0.1, -0.05) is 25.1 Å². The first-order chi connectivity index (χ1) is 18.9. The van der Waals surface area contributed by atoms with Gasteiger partial charge in [-0.2, -0.15) is 5.10 Å². The summed E-state index contributed by atoms with van der Waals surface area (Å²) in [5.41, 5.74) is 5.36. The molecule has 0 saturated heterocycles. The van der Waals surface area contributed by atoms with Crippen molar-refractivity contribution in [2.75, 3.05) is 25.8 Å². The molecular formula is C28H28N4O7. The zero-order valence-electron chi connectivity index (χ0n) is 21.5. The Balaban J connectivity index is 1.24. The topological polar surface area (TPSA) is 137 Å². The molecule has 11 nitrogen and oxygen atoms in total. The Bertz CT molecular complexity index is 1370. The van der Waals surface area contributed by atoms with Crippen LogP contribution in [0.1, 0.15) is 23.6 Å². The zero-order chi connectivity index (χ0) is 27.6. The zero-order valence-corrected chi connectivity index (χ0v) is 21.5. The summed E-state index contributed by atoms with van der Waals surface area (Å²) in [5.74, 6) is -0.132. The monoisotopic (exact) mass is 532 g/mol. The van der Waals surface area contributed by atoms with Crippen molar-refractivity contribution < 1.29 is 33.3 Å². The molecule has 3 aromatic rings. The number of hydrazone groups is 1. The highest BCUT2D eigenvalue weighted by Crippen LogP contribution is 2.32. The maximum atomic E-state index is 12.3. The number of nitrogens with zero attached hydrogens (tertiary/aromatic N) is 1. The molecule has 3 aromatic carbocycles. The summed E-state index contributed by atoms with van der Waals surface area (Å²) >= 11 is 0. The number of hydrogen-bond acceptors (Lipinski definition) is 8. The largest absolute Gasteiger partial charge is 0.493 e. The van der Waals surface area contributed by atoms with E-state index < -0.39 is 11.8 Å². The van der Waals surface area contributed by atoms with Gasteiger partial charge in [0.15, 0.2) is 29.6 Å². The van der Waals surface area contributed by atoms with Gasteiger partial charge in [-0.05, 0) is 65.6 Å². The summed E-state index contributed by atoms with van der Waals surface area (Å²) in [4.78, 5) is 36.4. The summed E-state index contributed by atoms with van der Waals surface area (Å²) in [6.45, 7) is 2.13. The number of aryl methyl sites for hydroxylation is 1. The Morgan fingerprint density at radius 3 is 2.46 bits per heavy atom. The molecule has 0 aliphatic carbocycles. The molecule has 1 aliphatic rings. The first kappa shape index (κ1) is 27.0.